The van der Waals surface area contributed by atoms with Crippen LogP contribution in [0.5, 0.6) is 5.75 Å². The average molecular weight is 375 g/mol. The van der Waals surface area contributed by atoms with Crippen LogP contribution in [0.3, 0.4) is 0 Å². The van der Waals surface area contributed by atoms with Crippen LogP contribution in [0, 0.1) is 19.8 Å². The Morgan fingerprint density at radius 1 is 1.19 bits per heavy atom. The van der Waals surface area contributed by atoms with Crippen molar-refractivity contribution in [2.45, 2.75) is 47.2 Å². The van der Waals surface area contributed by atoms with Gasteiger partial charge >= 0.3 is 0 Å². The third-order valence-electron chi connectivity index (χ3n) is 4.02. The summed E-state index contributed by atoms with van der Waals surface area (Å²) in [4.78, 5) is 10.1. The molecule has 0 aliphatic heterocycles. The highest BCUT2D eigenvalue weighted by atomic mass is 32.1. The van der Waals surface area contributed by atoms with Crippen molar-refractivity contribution >= 4 is 17.3 Å². The first-order valence-electron chi connectivity index (χ1n) is 9.02. The van der Waals surface area contributed by atoms with E-state index in [0.717, 1.165) is 29.0 Å². The van der Waals surface area contributed by atoms with Gasteiger partial charge in [-0.3, -0.25) is 4.99 Å². The highest BCUT2D eigenvalue weighted by Gasteiger charge is 2.10. The van der Waals surface area contributed by atoms with E-state index in [2.05, 4.69) is 60.4 Å². The minimum atomic E-state index is 0.139. The molecule has 2 rings (SSSR count). The van der Waals surface area contributed by atoms with E-state index in [1.54, 1.807) is 18.4 Å². The summed E-state index contributed by atoms with van der Waals surface area (Å²) in [7, 11) is 1.78. The average Bonchev–Trinajstić information content (AvgIpc) is 2.94. The highest BCUT2D eigenvalue weighted by molar-refractivity contribution is 7.11. The van der Waals surface area contributed by atoms with Gasteiger partial charge in [-0.2, -0.15) is 0 Å². The van der Waals surface area contributed by atoms with Crippen molar-refractivity contribution in [1.29, 1.82) is 0 Å². The van der Waals surface area contributed by atoms with Gasteiger partial charge in [0.2, 0.25) is 0 Å². The molecule has 0 aliphatic rings. The van der Waals surface area contributed by atoms with Crippen LogP contribution in [0.25, 0.3) is 0 Å². The molecule has 5 nitrogen and oxygen atoms in total. The number of nitrogens with one attached hydrogen (secondary N) is 2. The number of thiazole rings is 1. The van der Waals surface area contributed by atoms with E-state index in [-0.39, 0.29) is 6.04 Å². The van der Waals surface area contributed by atoms with Gasteiger partial charge in [0.1, 0.15) is 10.8 Å². The summed E-state index contributed by atoms with van der Waals surface area (Å²) in [5.74, 6) is 2.20. The molecule has 1 aromatic carbocycles. The summed E-state index contributed by atoms with van der Waals surface area (Å²) in [6, 6.07) is 8.36. The Morgan fingerprint density at radius 2 is 1.88 bits per heavy atom. The van der Waals surface area contributed by atoms with Crippen molar-refractivity contribution in [2.24, 2.45) is 10.9 Å². The van der Waals surface area contributed by atoms with E-state index in [4.69, 9.17) is 4.74 Å². The van der Waals surface area contributed by atoms with Gasteiger partial charge in [-0.15, -0.1) is 11.3 Å². The molecular weight excluding hydrogens is 344 g/mol. The van der Waals surface area contributed by atoms with Crippen LogP contribution in [0.2, 0.25) is 0 Å². The molecule has 0 saturated carbocycles. The summed E-state index contributed by atoms with van der Waals surface area (Å²) in [5.41, 5.74) is 2.29. The number of aliphatic imine (C=N–C) groups is 1. The predicted molar refractivity (Wildman–Crippen MR) is 110 cm³/mol. The first-order chi connectivity index (χ1) is 12.4. The normalized spacial score (nSPS) is 13.0. The maximum atomic E-state index is 5.74. The molecule has 0 saturated heterocycles. The number of benzene rings is 1. The van der Waals surface area contributed by atoms with Gasteiger partial charge in [-0.05, 0) is 44.4 Å². The number of nitrogens with zero attached hydrogens (tertiary/aromatic N) is 2. The van der Waals surface area contributed by atoms with Crippen molar-refractivity contribution in [1.82, 2.24) is 15.6 Å². The molecule has 0 bridgehead atoms. The summed E-state index contributed by atoms with van der Waals surface area (Å²) < 4.78 is 5.74. The van der Waals surface area contributed by atoms with Crippen LogP contribution in [-0.4, -0.2) is 24.6 Å². The van der Waals surface area contributed by atoms with Crippen molar-refractivity contribution in [3.05, 3.63) is 45.4 Å². The van der Waals surface area contributed by atoms with Crippen LogP contribution >= 0.6 is 11.3 Å². The van der Waals surface area contributed by atoms with E-state index in [1.165, 1.54) is 10.4 Å². The van der Waals surface area contributed by atoms with E-state index in [1.807, 2.05) is 19.1 Å². The number of hydrogen-bond donors (Lipinski definition) is 2. The fraction of sp³-hybridized carbons (Fsp3) is 0.500. The molecule has 0 fully saturated rings. The zero-order valence-electron chi connectivity index (χ0n) is 16.6. The Balaban J connectivity index is 1.88. The molecule has 6 heteroatoms. The second-order valence-corrected chi connectivity index (χ2v) is 8.10. The first-order valence-corrected chi connectivity index (χ1v) is 9.83. The Bertz CT molecular complexity index is 702. The molecular formula is C20H30N4OS. The second-order valence-electron chi connectivity index (χ2n) is 6.81. The SMILES string of the molecule is CN=C(NCc1nc(C)c(C)s1)NC(C)c1ccc(OCC(C)C)cc1. The molecule has 2 aromatic rings. The monoisotopic (exact) mass is 374 g/mol. The molecule has 2 N–H and O–H groups in total. The molecule has 1 atom stereocenters. The van der Waals surface area contributed by atoms with Gasteiger partial charge in [0.15, 0.2) is 5.96 Å². The zero-order chi connectivity index (χ0) is 19.1. The lowest BCUT2D eigenvalue weighted by atomic mass is 10.1. The van der Waals surface area contributed by atoms with E-state index in [0.29, 0.717) is 12.5 Å². The molecule has 0 amide bonds. The van der Waals surface area contributed by atoms with Crippen molar-refractivity contribution < 1.29 is 4.74 Å². The van der Waals surface area contributed by atoms with E-state index in [9.17, 15) is 0 Å². The topological polar surface area (TPSA) is 58.5 Å². The maximum Gasteiger partial charge on any atom is 0.191 e. The van der Waals surface area contributed by atoms with Gasteiger partial charge in [-0.1, -0.05) is 26.0 Å². The van der Waals surface area contributed by atoms with E-state index < -0.39 is 0 Å². The Morgan fingerprint density at radius 3 is 2.42 bits per heavy atom. The van der Waals surface area contributed by atoms with Crippen LogP contribution in [0.1, 0.15) is 48.0 Å². The molecule has 26 heavy (non-hydrogen) atoms. The third kappa shape index (κ3) is 6.02. The number of ether oxygens (including phenoxy) is 1. The molecule has 1 aromatic heterocycles. The quantitative estimate of drug-likeness (QED) is 0.563. The summed E-state index contributed by atoms with van der Waals surface area (Å²) in [6.45, 7) is 12.0. The number of aromatic nitrogens is 1. The second kappa shape index (κ2) is 9.57. The van der Waals surface area contributed by atoms with Crippen LogP contribution in [0.4, 0.5) is 0 Å². The number of aryl methyl sites for hydroxylation is 2. The van der Waals surface area contributed by atoms with Crippen LogP contribution < -0.4 is 15.4 Å². The Labute approximate surface area is 160 Å². The largest absolute Gasteiger partial charge is 0.493 e. The highest BCUT2D eigenvalue weighted by Crippen LogP contribution is 2.18. The fourth-order valence-corrected chi connectivity index (χ4v) is 3.25. The molecule has 1 unspecified atom stereocenters. The van der Waals surface area contributed by atoms with Crippen molar-refractivity contribution in [2.75, 3.05) is 13.7 Å². The minimum Gasteiger partial charge on any atom is -0.493 e. The van der Waals surface area contributed by atoms with Gasteiger partial charge in [0.25, 0.3) is 0 Å². The Hall–Kier alpha value is -2.08. The van der Waals surface area contributed by atoms with Gasteiger partial charge in [0, 0.05) is 11.9 Å². The molecule has 0 spiro atoms. The fourth-order valence-electron chi connectivity index (χ4n) is 2.37. The maximum absolute atomic E-state index is 5.74. The lowest BCUT2D eigenvalue weighted by Gasteiger charge is -2.18. The summed E-state index contributed by atoms with van der Waals surface area (Å²) in [6.07, 6.45) is 0. The first kappa shape index (κ1) is 20.2. The number of hydrogen-bond acceptors (Lipinski definition) is 4. The summed E-state index contributed by atoms with van der Waals surface area (Å²) in [5, 5.41) is 7.82. The molecule has 1 heterocycles. The minimum absolute atomic E-state index is 0.139. The van der Waals surface area contributed by atoms with Crippen molar-refractivity contribution in [3.8, 4) is 5.75 Å². The predicted octanol–water partition coefficient (Wildman–Crippen LogP) is 4.22. The lowest BCUT2D eigenvalue weighted by molar-refractivity contribution is 0.271. The standard InChI is InChI=1S/C20H30N4OS/c1-13(2)12-25-18-9-7-17(8-10-18)15(4)24-20(21-6)22-11-19-23-14(3)16(5)26-19/h7-10,13,15H,11-12H2,1-6H3,(H2,21,22,24). The van der Waals surface area contributed by atoms with Gasteiger partial charge < -0.3 is 15.4 Å². The third-order valence-corrected chi connectivity index (χ3v) is 5.09. The van der Waals surface area contributed by atoms with Crippen LogP contribution in [-0.2, 0) is 6.54 Å². The smallest absolute Gasteiger partial charge is 0.191 e. The molecule has 0 aliphatic carbocycles. The zero-order valence-corrected chi connectivity index (χ0v) is 17.4. The van der Waals surface area contributed by atoms with Crippen LogP contribution in [0.15, 0.2) is 29.3 Å². The number of rotatable bonds is 7. The molecule has 0 radical (unpaired) electrons. The lowest BCUT2D eigenvalue weighted by Crippen LogP contribution is -2.38. The van der Waals surface area contributed by atoms with E-state index >= 15 is 0 Å². The Kier molecular flexibility index (Phi) is 7.45. The van der Waals surface area contributed by atoms with Crippen molar-refractivity contribution in [3.63, 3.8) is 0 Å². The summed E-state index contributed by atoms with van der Waals surface area (Å²) >= 11 is 1.72. The number of guanidine groups is 1. The van der Waals surface area contributed by atoms with Gasteiger partial charge in [-0.25, -0.2) is 4.98 Å². The van der Waals surface area contributed by atoms with Gasteiger partial charge in [0.05, 0.1) is 24.9 Å². The molecule has 142 valence electrons.